The van der Waals surface area contributed by atoms with Gasteiger partial charge in [0.2, 0.25) is 0 Å². The van der Waals surface area contributed by atoms with E-state index >= 15 is 0 Å². The number of phenolic OH excluding ortho intramolecular Hbond substituents is 1. The van der Waals surface area contributed by atoms with Crippen molar-refractivity contribution in [3.05, 3.63) is 77.7 Å². The number of nitriles is 1. The van der Waals surface area contributed by atoms with Crippen LogP contribution in [0.25, 0.3) is 22.0 Å². The quantitative estimate of drug-likeness (QED) is 0.453. The lowest BCUT2D eigenvalue weighted by Gasteiger charge is -2.10. The third-order valence-corrected chi connectivity index (χ3v) is 5.25. The molecule has 160 valence electrons. The molecular formula is C25H21N3O4. The number of esters is 1. The van der Waals surface area contributed by atoms with Gasteiger partial charge in [0.05, 0.1) is 29.5 Å². The monoisotopic (exact) mass is 427 g/mol. The first-order chi connectivity index (χ1) is 15.5. The van der Waals surface area contributed by atoms with E-state index in [-0.39, 0.29) is 19.0 Å². The molecule has 0 fully saturated rings. The van der Waals surface area contributed by atoms with Gasteiger partial charge in [0, 0.05) is 41.5 Å². The molecule has 0 amide bonds. The Labute approximate surface area is 185 Å². The van der Waals surface area contributed by atoms with E-state index in [9.17, 15) is 9.90 Å². The summed E-state index contributed by atoms with van der Waals surface area (Å²) in [6.45, 7) is 2.08. The number of aromatic nitrogens is 2. The van der Waals surface area contributed by atoms with Crippen LogP contribution in [0.3, 0.4) is 0 Å². The Balaban J connectivity index is 1.81. The normalized spacial score (nSPS) is 10.7. The Morgan fingerprint density at radius 3 is 2.66 bits per heavy atom. The maximum Gasteiger partial charge on any atom is 0.340 e. The molecule has 0 radical (unpaired) electrons. The molecule has 0 atom stereocenters. The van der Waals surface area contributed by atoms with Crippen LogP contribution in [-0.2, 0) is 18.4 Å². The van der Waals surface area contributed by atoms with Crippen LogP contribution in [0.5, 0.6) is 11.5 Å². The highest BCUT2D eigenvalue weighted by Gasteiger charge is 2.24. The molecule has 2 aromatic heterocycles. The highest BCUT2D eigenvalue weighted by Crippen LogP contribution is 2.37. The molecule has 32 heavy (non-hydrogen) atoms. The summed E-state index contributed by atoms with van der Waals surface area (Å²) in [6, 6.07) is 15.9. The minimum Gasteiger partial charge on any atom is -0.507 e. The fourth-order valence-corrected chi connectivity index (χ4v) is 3.65. The van der Waals surface area contributed by atoms with Crippen molar-refractivity contribution in [1.82, 2.24) is 9.55 Å². The molecule has 2 aromatic carbocycles. The SMILES string of the molecule is CCOC(=O)c1c(COc2ccc(C#N)cc2)n(C)c2cc(-c3cccnc3)c(O)cc12. The first-order valence-electron chi connectivity index (χ1n) is 10.1. The molecule has 7 heteroatoms. The van der Waals surface area contributed by atoms with Gasteiger partial charge < -0.3 is 19.1 Å². The van der Waals surface area contributed by atoms with Crippen molar-refractivity contribution in [3.63, 3.8) is 0 Å². The van der Waals surface area contributed by atoms with Crippen molar-refractivity contribution in [1.29, 1.82) is 5.26 Å². The van der Waals surface area contributed by atoms with Gasteiger partial charge in [-0.25, -0.2) is 4.79 Å². The van der Waals surface area contributed by atoms with E-state index in [2.05, 4.69) is 11.1 Å². The number of carbonyl (C=O) groups excluding carboxylic acids is 1. The number of hydrogen-bond acceptors (Lipinski definition) is 6. The third kappa shape index (κ3) is 3.86. The summed E-state index contributed by atoms with van der Waals surface area (Å²) in [5.74, 6) is 0.134. The van der Waals surface area contributed by atoms with E-state index in [0.29, 0.717) is 33.5 Å². The summed E-state index contributed by atoms with van der Waals surface area (Å²) in [5, 5.41) is 20.2. The Morgan fingerprint density at radius 1 is 1.22 bits per heavy atom. The van der Waals surface area contributed by atoms with Gasteiger partial charge in [-0.05, 0) is 49.4 Å². The van der Waals surface area contributed by atoms with Crippen molar-refractivity contribution in [3.8, 4) is 28.7 Å². The van der Waals surface area contributed by atoms with Crippen LogP contribution in [0.1, 0.15) is 28.5 Å². The lowest BCUT2D eigenvalue weighted by Crippen LogP contribution is -2.11. The second kappa shape index (κ2) is 8.82. The van der Waals surface area contributed by atoms with Crippen LogP contribution < -0.4 is 4.74 Å². The molecule has 0 aliphatic heterocycles. The van der Waals surface area contributed by atoms with E-state index in [1.165, 1.54) is 0 Å². The number of fused-ring (bicyclic) bond motifs is 1. The zero-order valence-corrected chi connectivity index (χ0v) is 17.7. The van der Waals surface area contributed by atoms with Crippen molar-refractivity contribution in [2.45, 2.75) is 13.5 Å². The molecule has 0 aliphatic rings. The Morgan fingerprint density at radius 2 is 2.00 bits per heavy atom. The number of carbonyl (C=O) groups is 1. The topological polar surface area (TPSA) is 97.4 Å². The molecular weight excluding hydrogens is 406 g/mol. The summed E-state index contributed by atoms with van der Waals surface area (Å²) >= 11 is 0. The van der Waals surface area contributed by atoms with Gasteiger partial charge in [-0.2, -0.15) is 5.26 Å². The molecule has 2 heterocycles. The molecule has 4 rings (SSSR count). The van der Waals surface area contributed by atoms with Crippen molar-refractivity contribution in [2.75, 3.05) is 6.61 Å². The summed E-state index contributed by atoms with van der Waals surface area (Å²) in [6.07, 6.45) is 3.34. The largest absolute Gasteiger partial charge is 0.507 e. The summed E-state index contributed by atoms with van der Waals surface area (Å²) in [4.78, 5) is 17.0. The standard InChI is InChI=1S/C25H21N3O4/c1-3-31-25(30)24-20-12-23(29)19(17-5-4-10-27-14-17)11-21(20)28(2)22(24)15-32-18-8-6-16(13-26)7-9-18/h4-12,14,29H,3,15H2,1-2H3. The number of hydrogen-bond donors (Lipinski definition) is 1. The number of phenols is 1. The van der Waals surface area contributed by atoms with E-state index in [4.69, 9.17) is 14.7 Å². The van der Waals surface area contributed by atoms with Gasteiger partial charge in [-0.1, -0.05) is 6.07 Å². The van der Waals surface area contributed by atoms with Crippen molar-refractivity contribution >= 4 is 16.9 Å². The molecule has 0 saturated carbocycles. The van der Waals surface area contributed by atoms with Crippen LogP contribution in [0.15, 0.2) is 60.9 Å². The van der Waals surface area contributed by atoms with Crippen LogP contribution in [0, 0.1) is 11.3 Å². The van der Waals surface area contributed by atoms with Crippen LogP contribution >= 0.6 is 0 Å². The second-order valence-corrected chi connectivity index (χ2v) is 7.15. The van der Waals surface area contributed by atoms with Crippen LogP contribution in [-0.4, -0.2) is 27.2 Å². The highest BCUT2D eigenvalue weighted by atomic mass is 16.5. The van der Waals surface area contributed by atoms with Crippen LogP contribution in [0.4, 0.5) is 0 Å². The smallest absolute Gasteiger partial charge is 0.340 e. The minimum absolute atomic E-state index is 0.0428. The Kier molecular flexibility index (Phi) is 5.77. The van der Waals surface area contributed by atoms with E-state index < -0.39 is 5.97 Å². The van der Waals surface area contributed by atoms with Gasteiger partial charge in [0.25, 0.3) is 0 Å². The lowest BCUT2D eigenvalue weighted by atomic mass is 10.0. The minimum atomic E-state index is -0.481. The Hall–Kier alpha value is -4.31. The fraction of sp³-hybridized carbons (Fsp3) is 0.160. The number of pyridine rings is 1. The number of benzene rings is 2. The van der Waals surface area contributed by atoms with Gasteiger partial charge in [-0.3, -0.25) is 4.98 Å². The third-order valence-electron chi connectivity index (χ3n) is 5.25. The van der Waals surface area contributed by atoms with Crippen molar-refractivity contribution < 1.29 is 19.4 Å². The first kappa shape index (κ1) is 20.9. The molecule has 7 nitrogen and oxygen atoms in total. The predicted molar refractivity (Wildman–Crippen MR) is 119 cm³/mol. The molecule has 1 N–H and O–H groups in total. The molecule has 0 unspecified atom stereocenters. The highest BCUT2D eigenvalue weighted by molar-refractivity contribution is 6.07. The number of aryl methyl sites for hydroxylation is 1. The molecule has 0 saturated heterocycles. The second-order valence-electron chi connectivity index (χ2n) is 7.15. The van der Waals surface area contributed by atoms with E-state index in [1.807, 2.05) is 23.7 Å². The Bertz CT molecular complexity index is 1320. The molecule has 0 spiro atoms. The first-order valence-corrected chi connectivity index (χ1v) is 10.1. The van der Waals surface area contributed by atoms with E-state index in [0.717, 1.165) is 11.1 Å². The van der Waals surface area contributed by atoms with Crippen LogP contribution in [0.2, 0.25) is 0 Å². The van der Waals surface area contributed by atoms with Crippen molar-refractivity contribution in [2.24, 2.45) is 7.05 Å². The zero-order valence-electron chi connectivity index (χ0n) is 17.7. The van der Waals surface area contributed by atoms with Gasteiger partial charge in [0.15, 0.2) is 0 Å². The number of rotatable bonds is 6. The summed E-state index contributed by atoms with van der Waals surface area (Å²) in [5.41, 5.74) is 3.63. The number of ether oxygens (including phenoxy) is 2. The maximum absolute atomic E-state index is 12.8. The summed E-state index contributed by atoms with van der Waals surface area (Å²) in [7, 11) is 1.84. The average Bonchev–Trinajstić information content (AvgIpc) is 3.08. The average molecular weight is 427 g/mol. The maximum atomic E-state index is 12.8. The number of aromatic hydroxyl groups is 1. The number of nitrogens with zero attached hydrogens (tertiary/aromatic N) is 3. The van der Waals surface area contributed by atoms with Gasteiger partial charge in [-0.15, -0.1) is 0 Å². The molecule has 0 bridgehead atoms. The zero-order chi connectivity index (χ0) is 22.7. The fourth-order valence-electron chi connectivity index (χ4n) is 3.65. The van der Waals surface area contributed by atoms with Gasteiger partial charge >= 0.3 is 5.97 Å². The lowest BCUT2D eigenvalue weighted by molar-refractivity contribution is 0.0525. The summed E-state index contributed by atoms with van der Waals surface area (Å²) < 4.78 is 13.1. The van der Waals surface area contributed by atoms with Gasteiger partial charge in [0.1, 0.15) is 18.1 Å². The van der Waals surface area contributed by atoms with E-state index in [1.54, 1.807) is 55.7 Å². The molecule has 0 aliphatic carbocycles. The predicted octanol–water partition coefficient (Wildman–Crippen LogP) is 4.57. The molecule has 4 aromatic rings.